The number of methoxy groups -OCH3 is 1. The number of aryl methyl sites for hydroxylation is 1. The fourth-order valence-corrected chi connectivity index (χ4v) is 1.86. The smallest absolute Gasteiger partial charge is 0.135 e. The number of rotatable bonds is 1. The van der Waals surface area contributed by atoms with Crippen molar-refractivity contribution < 1.29 is 4.74 Å². The predicted molar refractivity (Wildman–Crippen MR) is 63.7 cm³/mol. The molecule has 1 rings (SSSR count). The Morgan fingerprint density at radius 2 is 1.79 bits per heavy atom. The lowest BCUT2D eigenvalue weighted by Gasteiger charge is -2.21. The van der Waals surface area contributed by atoms with Gasteiger partial charge in [0.2, 0.25) is 0 Å². The van der Waals surface area contributed by atoms with Gasteiger partial charge in [0, 0.05) is 4.90 Å². The number of benzene rings is 1. The molecule has 0 atom stereocenters. The van der Waals surface area contributed by atoms with Crippen LogP contribution in [0.5, 0.6) is 5.75 Å². The van der Waals surface area contributed by atoms with E-state index in [1.807, 2.05) is 6.92 Å². The molecule has 14 heavy (non-hydrogen) atoms. The van der Waals surface area contributed by atoms with E-state index in [1.165, 1.54) is 5.56 Å². The maximum Gasteiger partial charge on any atom is 0.135 e. The average Bonchev–Trinajstić information content (AvgIpc) is 2.01. The minimum atomic E-state index is 0.161. The molecule has 78 valence electrons. The van der Waals surface area contributed by atoms with Crippen LogP contribution in [0.15, 0.2) is 17.0 Å². The highest BCUT2D eigenvalue weighted by molar-refractivity contribution is 7.80. The van der Waals surface area contributed by atoms with E-state index in [9.17, 15) is 0 Å². The molecule has 0 unspecified atom stereocenters. The van der Waals surface area contributed by atoms with Gasteiger partial charge >= 0.3 is 0 Å². The van der Waals surface area contributed by atoms with E-state index in [1.54, 1.807) is 7.11 Å². The molecule has 0 radical (unpaired) electrons. The molecule has 0 aliphatic rings. The lowest BCUT2D eigenvalue weighted by Crippen LogP contribution is -2.11. The van der Waals surface area contributed by atoms with E-state index in [-0.39, 0.29) is 5.41 Å². The third kappa shape index (κ3) is 2.24. The molecule has 1 aromatic carbocycles. The normalized spacial score (nSPS) is 11.6. The van der Waals surface area contributed by atoms with Crippen molar-refractivity contribution in [3.63, 3.8) is 0 Å². The molecule has 0 aliphatic carbocycles. The fourth-order valence-electron chi connectivity index (χ4n) is 1.45. The maximum absolute atomic E-state index is 5.27. The summed E-state index contributed by atoms with van der Waals surface area (Å²) in [7, 11) is 1.68. The minimum Gasteiger partial charge on any atom is -0.495 e. The molecule has 0 saturated carbocycles. The van der Waals surface area contributed by atoms with Crippen molar-refractivity contribution in [1.82, 2.24) is 0 Å². The third-order valence-corrected chi connectivity index (χ3v) is 2.66. The Morgan fingerprint density at radius 3 is 2.14 bits per heavy atom. The van der Waals surface area contributed by atoms with Gasteiger partial charge in [-0.05, 0) is 29.5 Å². The highest BCUT2D eigenvalue weighted by Gasteiger charge is 2.16. The SMILES string of the molecule is COc1c(C)cc(C(C)(C)C)cc1S. The molecule has 1 nitrogen and oxygen atoms in total. The lowest BCUT2D eigenvalue weighted by molar-refractivity contribution is 0.401. The largest absolute Gasteiger partial charge is 0.495 e. The monoisotopic (exact) mass is 210 g/mol. The van der Waals surface area contributed by atoms with Crippen molar-refractivity contribution >= 4 is 12.6 Å². The second-order valence-electron chi connectivity index (χ2n) is 4.60. The molecule has 0 bridgehead atoms. The lowest BCUT2D eigenvalue weighted by atomic mass is 9.86. The summed E-state index contributed by atoms with van der Waals surface area (Å²) in [6.07, 6.45) is 0. The van der Waals surface area contributed by atoms with E-state index in [0.717, 1.165) is 16.2 Å². The van der Waals surface area contributed by atoms with Crippen molar-refractivity contribution in [3.8, 4) is 5.75 Å². The van der Waals surface area contributed by atoms with Crippen LogP contribution < -0.4 is 4.74 Å². The van der Waals surface area contributed by atoms with Crippen molar-refractivity contribution in [1.29, 1.82) is 0 Å². The minimum absolute atomic E-state index is 0.161. The predicted octanol–water partition coefficient (Wildman–Crippen LogP) is 3.59. The molecule has 0 heterocycles. The highest BCUT2D eigenvalue weighted by atomic mass is 32.1. The van der Waals surface area contributed by atoms with Crippen LogP contribution in [0.2, 0.25) is 0 Å². The Morgan fingerprint density at radius 1 is 1.21 bits per heavy atom. The van der Waals surface area contributed by atoms with E-state index >= 15 is 0 Å². The summed E-state index contributed by atoms with van der Waals surface area (Å²) in [5, 5.41) is 0. The zero-order valence-electron chi connectivity index (χ0n) is 9.51. The van der Waals surface area contributed by atoms with Gasteiger partial charge in [0.15, 0.2) is 0 Å². The van der Waals surface area contributed by atoms with E-state index in [0.29, 0.717) is 0 Å². The molecule has 0 aliphatic heterocycles. The van der Waals surface area contributed by atoms with Crippen LogP contribution in [0.25, 0.3) is 0 Å². The van der Waals surface area contributed by atoms with Crippen LogP contribution in [-0.2, 0) is 5.41 Å². The van der Waals surface area contributed by atoms with Gasteiger partial charge in [0.1, 0.15) is 5.75 Å². The summed E-state index contributed by atoms with van der Waals surface area (Å²) in [4.78, 5) is 0.914. The first-order valence-electron chi connectivity index (χ1n) is 4.74. The summed E-state index contributed by atoms with van der Waals surface area (Å²) >= 11 is 4.42. The van der Waals surface area contributed by atoms with Gasteiger partial charge in [0.05, 0.1) is 7.11 Å². The summed E-state index contributed by atoms with van der Waals surface area (Å²) in [6.45, 7) is 8.64. The molecular weight excluding hydrogens is 192 g/mol. The first kappa shape index (κ1) is 11.4. The molecule has 0 spiro atoms. The summed E-state index contributed by atoms with van der Waals surface area (Å²) < 4.78 is 5.27. The number of hydrogen-bond donors (Lipinski definition) is 1. The average molecular weight is 210 g/mol. The van der Waals surface area contributed by atoms with Crippen molar-refractivity contribution in [3.05, 3.63) is 23.3 Å². The Labute approximate surface area is 91.9 Å². The standard InChI is InChI=1S/C12H18OS/c1-8-6-9(12(2,3)4)7-10(14)11(8)13-5/h6-7,14H,1-5H3. The Bertz CT molecular complexity index is 314. The second-order valence-corrected chi connectivity index (χ2v) is 5.08. The topological polar surface area (TPSA) is 9.23 Å². The van der Waals surface area contributed by atoms with Crippen molar-refractivity contribution in [2.24, 2.45) is 0 Å². The zero-order chi connectivity index (χ0) is 10.9. The van der Waals surface area contributed by atoms with Crippen LogP contribution >= 0.6 is 12.6 Å². The van der Waals surface area contributed by atoms with Crippen LogP contribution in [0.4, 0.5) is 0 Å². The van der Waals surface area contributed by atoms with Gasteiger partial charge in [-0.3, -0.25) is 0 Å². The van der Waals surface area contributed by atoms with E-state index in [4.69, 9.17) is 4.74 Å². The quantitative estimate of drug-likeness (QED) is 0.697. The molecule has 0 saturated heterocycles. The van der Waals surface area contributed by atoms with Crippen LogP contribution in [-0.4, -0.2) is 7.11 Å². The van der Waals surface area contributed by atoms with Crippen molar-refractivity contribution in [2.75, 3.05) is 7.11 Å². The van der Waals surface area contributed by atoms with Gasteiger partial charge in [-0.15, -0.1) is 12.6 Å². The van der Waals surface area contributed by atoms with Crippen LogP contribution in [0.3, 0.4) is 0 Å². The second kappa shape index (κ2) is 3.85. The highest BCUT2D eigenvalue weighted by Crippen LogP contribution is 2.32. The molecular formula is C12H18OS. The van der Waals surface area contributed by atoms with E-state index in [2.05, 4.69) is 45.5 Å². The van der Waals surface area contributed by atoms with Gasteiger partial charge in [-0.2, -0.15) is 0 Å². The van der Waals surface area contributed by atoms with Crippen molar-refractivity contribution in [2.45, 2.75) is 38.0 Å². The number of ether oxygens (including phenoxy) is 1. The Balaban J connectivity index is 3.28. The first-order chi connectivity index (χ1) is 6.36. The third-order valence-electron chi connectivity index (χ3n) is 2.33. The summed E-state index contributed by atoms with van der Waals surface area (Å²) in [6, 6.07) is 4.24. The van der Waals surface area contributed by atoms with Crippen LogP contribution in [0, 0.1) is 6.92 Å². The number of hydrogen-bond acceptors (Lipinski definition) is 2. The molecule has 2 heteroatoms. The van der Waals surface area contributed by atoms with Gasteiger partial charge in [-0.1, -0.05) is 26.8 Å². The fraction of sp³-hybridized carbons (Fsp3) is 0.500. The molecule has 0 fully saturated rings. The van der Waals surface area contributed by atoms with Gasteiger partial charge in [-0.25, -0.2) is 0 Å². The number of thiol groups is 1. The molecule has 0 aromatic heterocycles. The molecule has 0 amide bonds. The Hall–Kier alpha value is -0.630. The maximum atomic E-state index is 5.27. The Kier molecular flexibility index (Phi) is 3.15. The summed E-state index contributed by atoms with van der Waals surface area (Å²) in [5.41, 5.74) is 2.60. The van der Waals surface area contributed by atoms with Gasteiger partial charge < -0.3 is 4.74 Å². The van der Waals surface area contributed by atoms with Gasteiger partial charge in [0.25, 0.3) is 0 Å². The summed E-state index contributed by atoms with van der Waals surface area (Å²) in [5.74, 6) is 0.876. The molecule has 0 N–H and O–H groups in total. The van der Waals surface area contributed by atoms with Crippen LogP contribution in [0.1, 0.15) is 31.9 Å². The molecule has 1 aromatic rings. The van der Waals surface area contributed by atoms with E-state index < -0.39 is 0 Å². The zero-order valence-corrected chi connectivity index (χ0v) is 10.4. The first-order valence-corrected chi connectivity index (χ1v) is 5.19.